The van der Waals surface area contributed by atoms with Crippen molar-refractivity contribution in [2.24, 2.45) is 0 Å². The second kappa shape index (κ2) is 8.44. The fourth-order valence-corrected chi connectivity index (χ4v) is 5.37. The van der Waals surface area contributed by atoms with Crippen LogP contribution in [0, 0.1) is 0 Å². The molecule has 1 heterocycles. The minimum atomic E-state index is -3.61. The fourth-order valence-electron chi connectivity index (χ4n) is 3.65. The lowest BCUT2D eigenvalue weighted by molar-refractivity contribution is -0.127. The largest absolute Gasteiger partial charge is 0.352 e. The van der Waals surface area contributed by atoms with Crippen LogP contribution in [-0.4, -0.2) is 55.8 Å². The van der Waals surface area contributed by atoms with Crippen molar-refractivity contribution in [3.8, 4) is 0 Å². The van der Waals surface area contributed by atoms with Gasteiger partial charge in [0.2, 0.25) is 15.9 Å². The Bertz CT molecular complexity index is 972. The van der Waals surface area contributed by atoms with E-state index < -0.39 is 16.1 Å². The van der Waals surface area contributed by atoms with Crippen LogP contribution in [0.2, 0.25) is 5.02 Å². The number of carbonyl (C=O) groups is 1. The molecule has 1 aliphatic carbocycles. The Morgan fingerprint density at radius 1 is 1.00 bits per heavy atom. The van der Waals surface area contributed by atoms with E-state index in [0.717, 1.165) is 18.4 Å². The van der Waals surface area contributed by atoms with E-state index >= 15 is 0 Å². The van der Waals surface area contributed by atoms with Crippen LogP contribution in [0.25, 0.3) is 0 Å². The fraction of sp³-hybridized carbons (Fsp3) is 0.381. The highest BCUT2D eigenvalue weighted by Gasteiger charge is 2.36. The third kappa shape index (κ3) is 4.64. The maximum Gasteiger partial charge on any atom is 0.243 e. The molecule has 0 spiro atoms. The molecule has 2 aliphatic rings. The lowest BCUT2D eigenvalue weighted by atomic mass is 10.0. The van der Waals surface area contributed by atoms with Crippen LogP contribution >= 0.6 is 11.6 Å². The molecule has 1 unspecified atom stereocenters. The summed E-state index contributed by atoms with van der Waals surface area (Å²) in [6, 6.07) is 15.9. The van der Waals surface area contributed by atoms with Gasteiger partial charge < -0.3 is 5.32 Å². The zero-order chi connectivity index (χ0) is 20.4. The van der Waals surface area contributed by atoms with Gasteiger partial charge in [-0.25, -0.2) is 8.42 Å². The molecule has 1 saturated heterocycles. The average Bonchev–Trinajstić information content (AvgIpc) is 3.53. The Kier molecular flexibility index (Phi) is 5.92. The monoisotopic (exact) mass is 433 g/mol. The van der Waals surface area contributed by atoms with Gasteiger partial charge in [-0.15, -0.1) is 0 Å². The molecule has 2 aromatic rings. The first kappa shape index (κ1) is 20.3. The van der Waals surface area contributed by atoms with Gasteiger partial charge in [-0.1, -0.05) is 48.0 Å². The lowest BCUT2D eigenvalue weighted by Crippen LogP contribution is -2.52. The topological polar surface area (TPSA) is 69.7 Å². The number of hydrogen-bond donors (Lipinski definition) is 1. The summed E-state index contributed by atoms with van der Waals surface area (Å²) < 4.78 is 27.4. The van der Waals surface area contributed by atoms with E-state index in [-0.39, 0.29) is 16.8 Å². The number of benzene rings is 2. The summed E-state index contributed by atoms with van der Waals surface area (Å²) in [5.74, 6) is -0.00940. The summed E-state index contributed by atoms with van der Waals surface area (Å²) in [7, 11) is -3.61. The van der Waals surface area contributed by atoms with Crippen molar-refractivity contribution in [2.75, 3.05) is 26.2 Å². The Hall–Kier alpha value is -1.93. The predicted octanol–water partition coefficient (Wildman–Crippen LogP) is 2.67. The van der Waals surface area contributed by atoms with Crippen molar-refractivity contribution >= 4 is 27.5 Å². The summed E-state index contributed by atoms with van der Waals surface area (Å²) >= 11 is 5.97. The van der Waals surface area contributed by atoms with E-state index in [4.69, 9.17) is 11.6 Å². The standard InChI is InChI=1S/C21H24ClN3O3S/c22-17-7-4-8-19(15-17)29(27,28)25-13-11-24(12-14-25)20(16-5-2-1-3-6-16)21(26)23-18-9-10-18/h1-8,15,18,20H,9-14H2,(H,23,26). The summed E-state index contributed by atoms with van der Waals surface area (Å²) in [5, 5.41) is 3.49. The Morgan fingerprint density at radius 3 is 2.31 bits per heavy atom. The first-order chi connectivity index (χ1) is 13.9. The number of carbonyl (C=O) groups excluding carboxylic acids is 1. The number of hydrogen-bond acceptors (Lipinski definition) is 4. The van der Waals surface area contributed by atoms with Gasteiger partial charge in [0.15, 0.2) is 0 Å². The molecule has 154 valence electrons. The van der Waals surface area contributed by atoms with Crippen LogP contribution in [-0.2, 0) is 14.8 Å². The number of halogens is 1. The highest BCUT2D eigenvalue weighted by Crippen LogP contribution is 2.27. The van der Waals surface area contributed by atoms with Gasteiger partial charge in [0, 0.05) is 37.2 Å². The van der Waals surface area contributed by atoms with Crippen molar-refractivity contribution in [2.45, 2.75) is 29.8 Å². The molecule has 6 nitrogen and oxygen atoms in total. The predicted molar refractivity (Wildman–Crippen MR) is 112 cm³/mol. The van der Waals surface area contributed by atoms with Gasteiger partial charge in [-0.3, -0.25) is 9.69 Å². The molecule has 1 amide bonds. The average molecular weight is 434 g/mol. The number of nitrogens with one attached hydrogen (secondary N) is 1. The van der Waals surface area contributed by atoms with Crippen LogP contribution in [0.1, 0.15) is 24.4 Å². The highest BCUT2D eigenvalue weighted by molar-refractivity contribution is 7.89. The van der Waals surface area contributed by atoms with Crippen LogP contribution in [0.15, 0.2) is 59.5 Å². The Morgan fingerprint density at radius 2 is 1.69 bits per heavy atom. The zero-order valence-electron chi connectivity index (χ0n) is 16.0. The molecular formula is C21H24ClN3O3S. The first-order valence-electron chi connectivity index (χ1n) is 9.80. The summed E-state index contributed by atoms with van der Waals surface area (Å²) in [4.78, 5) is 15.2. The first-order valence-corrected chi connectivity index (χ1v) is 11.6. The third-order valence-electron chi connectivity index (χ3n) is 5.36. The lowest BCUT2D eigenvalue weighted by Gasteiger charge is -2.38. The molecule has 2 fully saturated rings. The number of piperazine rings is 1. The number of nitrogens with zero attached hydrogens (tertiary/aromatic N) is 2. The molecule has 4 rings (SSSR count). The van der Waals surface area contributed by atoms with Crippen molar-refractivity contribution in [1.29, 1.82) is 0 Å². The van der Waals surface area contributed by atoms with Crippen molar-refractivity contribution in [3.63, 3.8) is 0 Å². The number of amides is 1. The van der Waals surface area contributed by atoms with Crippen molar-refractivity contribution in [1.82, 2.24) is 14.5 Å². The van der Waals surface area contributed by atoms with Crippen molar-refractivity contribution in [3.05, 3.63) is 65.2 Å². The van der Waals surface area contributed by atoms with E-state index in [1.807, 2.05) is 30.3 Å². The molecule has 1 saturated carbocycles. The maximum absolute atomic E-state index is 12.9. The maximum atomic E-state index is 12.9. The quantitative estimate of drug-likeness (QED) is 0.760. The molecule has 1 atom stereocenters. The molecule has 0 bridgehead atoms. The van der Waals surface area contributed by atoms with Crippen LogP contribution < -0.4 is 5.32 Å². The Labute approximate surface area is 176 Å². The van der Waals surface area contributed by atoms with Crippen LogP contribution in [0.3, 0.4) is 0 Å². The van der Waals surface area contributed by atoms with E-state index in [0.29, 0.717) is 31.2 Å². The van der Waals surface area contributed by atoms with E-state index in [1.165, 1.54) is 10.4 Å². The summed E-state index contributed by atoms with van der Waals surface area (Å²) in [6.07, 6.45) is 2.05. The normalized spacial score (nSPS) is 19.6. The molecule has 8 heteroatoms. The molecular weight excluding hydrogens is 410 g/mol. The zero-order valence-corrected chi connectivity index (χ0v) is 17.6. The van der Waals surface area contributed by atoms with E-state index in [9.17, 15) is 13.2 Å². The summed E-state index contributed by atoms with van der Waals surface area (Å²) in [6.45, 7) is 1.62. The smallest absolute Gasteiger partial charge is 0.243 e. The Balaban J connectivity index is 1.49. The molecule has 29 heavy (non-hydrogen) atoms. The molecule has 1 aliphatic heterocycles. The second-order valence-electron chi connectivity index (χ2n) is 7.49. The van der Waals surface area contributed by atoms with Crippen molar-refractivity contribution < 1.29 is 13.2 Å². The minimum absolute atomic E-state index is 0.00940. The van der Waals surface area contributed by atoms with Gasteiger partial charge in [0.1, 0.15) is 6.04 Å². The van der Waals surface area contributed by atoms with Gasteiger partial charge in [-0.2, -0.15) is 4.31 Å². The molecule has 0 radical (unpaired) electrons. The second-order valence-corrected chi connectivity index (χ2v) is 9.87. The van der Waals surface area contributed by atoms with Gasteiger partial charge >= 0.3 is 0 Å². The highest BCUT2D eigenvalue weighted by atomic mass is 35.5. The van der Waals surface area contributed by atoms with Crippen LogP contribution in [0.4, 0.5) is 0 Å². The molecule has 1 N–H and O–H groups in total. The van der Waals surface area contributed by atoms with E-state index in [2.05, 4.69) is 10.2 Å². The SMILES string of the molecule is O=C(NC1CC1)C(c1ccccc1)N1CCN(S(=O)(=O)c2cccc(Cl)c2)CC1. The number of rotatable bonds is 6. The van der Waals surface area contributed by atoms with Gasteiger partial charge in [0.05, 0.1) is 4.90 Å². The summed E-state index contributed by atoms with van der Waals surface area (Å²) in [5.41, 5.74) is 0.928. The van der Waals surface area contributed by atoms with E-state index in [1.54, 1.807) is 18.2 Å². The van der Waals surface area contributed by atoms with Gasteiger partial charge in [-0.05, 0) is 36.6 Å². The molecule has 0 aromatic heterocycles. The van der Waals surface area contributed by atoms with Crippen LogP contribution in [0.5, 0.6) is 0 Å². The third-order valence-corrected chi connectivity index (χ3v) is 7.49. The number of sulfonamides is 1. The molecule has 2 aromatic carbocycles. The van der Waals surface area contributed by atoms with Gasteiger partial charge in [0.25, 0.3) is 0 Å². The minimum Gasteiger partial charge on any atom is -0.352 e.